The number of rotatable bonds is 5. The van der Waals surface area contributed by atoms with Crippen molar-refractivity contribution >= 4 is 5.78 Å². The van der Waals surface area contributed by atoms with Gasteiger partial charge in [-0.15, -0.1) is 0 Å². The van der Waals surface area contributed by atoms with Gasteiger partial charge in [-0.1, -0.05) is 13.8 Å². The highest BCUT2D eigenvalue weighted by atomic mass is 16.4. The Bertz CT molecular complexity index is 940. The summed E-state index contributed by atoms with van der Waals surface area (Å²) in [6.45, 7) is 8.21. The highest BCUT2D eigenvalue weighted by molar-refractivity contribution is 6.00. The Morgan fingerprint density at radius 2 is 1.64 bits per heavy atom. The van der Waals surface area contributed by atoms with Crippen molar-refractivity contribution in [2.45, 2.75) is 126 Å². The Morgan fingerprint density at radius 3 is 2.22 bits per heavy atom. The lowest BCUT2D eigenvalue weighted by Crippen LogP contribution is -2.74. The fraction of sp³-hybridized carbons (Fsp3) is 0.889. The predicted octanol–water partition coefficient (Wildman–Crippen LogP) is -0.0603. The number of hydrogen-bond donors (Lipinski definition) is 8. The fourth-order valence-electron chi connectivity index (χ4n) is 8.36. The minimum Gasteiger partial charge on any atom is -0.390 e. The molecule has 0 amide bonds. The standard InChI is InChI=1S/C27H44O9/c1-22(2,33)9-8-18(29)25(5,34)17-7-11-26(35)15-12-19(30)27(36)13-16(28)20(31)21(32)24(27,4)14(15)6-10-23(17,26)3/h12,14,16-18,20-21,28-29,31-36H,6-11,13H2,1-5H3/t14-,16+,17-,18+,20+,21+,23+,24-,25+,26+,27+/m0/s1. The molecule has 0 aromatic carbocycles. The summed E-state index contributed by atoms with van der Waals surface area (Å²) in [5.74, 6) is -1.89. The molecule has 4 aliphatic carbocycles. The van der Waals surface area contributed by atoms with Crippen LogP contribution in [0.1, 0.15) is 79.6 Å². The van der Waals surface area contributed by atoms with Crippen LogP contribution in [0.15, 0.2) is 11.6 Å². The Labute approximate surface area is 212 Å². The molecule has 36 heavy (non-hydrogen) atoms. The van der Waals surface area contributed by atoms with Gasteiger partial charge >= 0.3 is 0 Å². The monoisotopic (exact) mass is 512 g/mol. The number of ketones is 1. The molecule has 0 unspecified atom stereocenters. The zero-order chi connectivity index (χ0) is 27.3. The molecule has 4 aliphatic rings. The first-order chi connectivity index (χ1) is 16.3. The molecule has 3 saturated carbocycles. The Hall–Kier alpha value is -0.910. The van der Waals surface area contributed by atoms with Crippen LogP contribution in [0.4, 0.5) is 0 Å². The normalized spacial score (nSPS) is 49.4. The van der Waals surface area contributed by atoms with Crippen LogP contribution in [0.2, 0.25) is 0 Å². The van der Waals surface area contributed by atoms with E-state index in [9.17, 15) is 45.6 Å². The van der Waals surface area contributed by atoms with E-state index in [1.165, 1.54) is 13.0 Å². The quantitative estimate of drug-likeness (QED) is 0.250. The van der Waals surface area contributed by atoms with Crippen molar-refractivity contribution in [3.63, 3.8) is 0 Å². The highest BCUT2D eigenvalue weighted by Gasteiger charge is 2.73. The van der Waals surface area contributed by atoms with Crippen molar-refractivity contribution in [3.8, 4) is 0 Å². The van der Waals surface area contributed by atoms with Gasteiger partial charge in [0, 0.05) is 17.3 Å². The van der Waals surface area contributed by atoms with Crippen LogP contribution in [-0.2, 0) is 4.79 Å². The number of fused-ring (bicyclic) bond motifs is 5. The summed E-state index contributed by atoms with van der Waals surface area (Å²) in [6, 6.07) is 0. The minimum absolute atomic E-state index is 0.169. The van der Waals surface area contributed by atoms with E-state index < -0.39 is 81.7 Å². The number of aliphatic hydroxyl groups is 8. The minimum atomic E-state index is -2.10. The second kappa shape index (κ2) is 8.29. The van der Waals surface area contributed by atoms with Gasteiger partial charge in [0.2, 0.25) is 0 Å². The third-order valence-corrected chi connectivity index (χ3v) is 10.9. The van der Waals surface area contributed by atoms with E-state index in [1.54, 1.807) is 20.8 Å². The van der Waals surface area contributed by atoms with Crippen molar-refractivity contribution < 1.29 is 45.6 Å². The van der Waals surface area contributed by atoms with Crippen LogP contribution < -0.4 is 0 Å². The molecular formula is C27H44O9. The molecule has 0 aromatic heterocycles. The summed E-state index contributed by atoms with van der Waals surface area (Å²) in [7, 11) is 0. The first kappa shape index (κ1) is 28.1. The van der Waals surface area contributed by atoms with Gasteiger partial charge in [0.1, 0.15) is 11.7 Å². The zero-order valence-electron chi connectivity index (χ0n) is 22.0. The van der Waals surface area contributed by atoms with Gasteiger partial charge < -0.3 is 40.9 Å². The molecule has 0 aromatic rings. The maximum absolute atomic E-state index is 13.4. The molecule has 0 saturated heterocycles. The highest BCUT2D eigenvalue weighted by Crippen LogP contribution is 2.69. The van der Waals surface area contributed by atoms with E-state index in [0.717, 1.165) is 0 Å². The van der Waals surface area contributed by atoms with Crippen LogP contribution >= 0.6 is 0 Å². The molecule has 0 bridgehead atoms. The molecule has 0 aliphatic heterocycles. The average Bonchev–Trinajstić information content (AvgIpc) is 3.05. The van der Waals surface area contributed by atoms with E-state index in [-0.39, 0.29) is 19.3 Å². The zero-order valence-corrected chi connectivity index (χ0v) is 22.0. The average molecular weight is 513 g/mol. The first-order valence-electron chi connectivity index (χ1n) is 13.2. The van der Waals surface area contributed by atoms with E-state index in [0.29, 0.717) is 24.8 Å². The second-order valence-corrected chi connectivity index (χ2v) is 13.4. The number of carbonyl (C=O) groups is 1. The third-order valence-electron chi connectivity index (χ3n) is 10.9. The first-order valence-corrected chi connectivity index (χ1v) is 13.2. The van der Waals surface area contributed by atoms with E-state index in [1.807, 2.05) is 6.92 Å². The lowest BCUT2D eigenvalue weighted by Gasteiger charge is -2.64. The van der Waals surface area contributed by atoms with Crippen LogP contribution in [-0.4, -0.2) is 93.5 Å². The summed E-state index contributed by atoms with van der Waals surface area (Å²) in [5.41, 5.74) is -8.30. The van der Waals surface area contributed by atoms with Gasteiger partial charge in [-0.3, -0.25) is 4.79 Å². The molecule has 0 spiro atoms. The smallest absolute Gasteiger partial charge is 0.188 e. The van der Waals surface area contributed by atoms with E-state index >= 15 is 0 Å². The molecule has 4 rings (SSSR count). The second-order valence-electron chi connectivity index (χ2n) is 13.4. The number of aliphatic hydroxyl groups excluding tert-OH is 4. The molecule has 9 heteroatoms. The summed E-state index contributed by atoms with van der Waals surface area (Å²) in [6.07, 6.45) is -3.13. The van der Waals surface area contributed by atoms with E-state index in [4.69, 9.17) is 0 Å². The van der Waals surface area contributed by atoms with Crippen molar-refractivity contribution in [2.75, 3.05) is 0 Å². The van der Waals surface area contributed by atoms with Crippen molar-refractivity contribution in [2.24, 2.45) is 22.7 Å². The Balaban J connectivity index is 1.73. The van der Waals surface area contributed by atoms with Crippen LogP contribution in [0, 0.1) is 22.7 Å². The molecular weight excluding hydrogens is 468 g/mol. The SMILES string of the molecule is CC(C)(O)CC[C@@H](O)[C@](C)(O)[C@H]1CC[C@@]2(O)C3=CC(=O)[C@]4(O)C[C@@H](O)[C@@H](O)[C@@H](O)[C@]4(C)[C@H]3CC[C@]12C. The van der Waals surface area contributed by atoms with Crippen LogP contribution in [0.5, 0.6) is 0 Å². The molecule has 8 N–H and O–H groups in total. The Kier molecular flexibility index (Phi) is 6.47. The maximum atomic E-state index is 13.4. The van der Waals surface area contributed by atoms with Crippen LogP contribution in [0.25, 0.3) is 0 Å². The molecule has 0 heterocycles. The summed E-state index contributed by atoms with van der Waals surface area (Å²) >= 11 is 0. The fourth-order valence-corrected chi connectivity index (χ4v) is 8.36. The van der Waals surface area contributed by atoms with Gasteiger partial charge in [-0.05, 0) is 82.8 Å². The van der Waals surface area contributed by atoms with Crippen molar-refractivity contribution in [3.05, 3.63) is 11.6 Å². The topological polar surface area (TPSA) is 179 Å². The largest absolute Gasteiger partial charge is 0.390 e. The van der Waals surface area contributed by atoms with E-state index in [2.05, 4.69) is 0 Å². The van der Waals surface area contributed by atoms with Crippen molar-refractivity contribution in [1.29, 1.82) is 0 Å². The summed E-state index contributed by atoms with van der Waals surface area (Å²) in [4.78, 5) is 13.4. The van der Waals surface area contributed by atoms with Gasteiger partial charge in [0.05, 0.1) is 35.1 Å². The van der Waals surface area contributed by atoms with Crippen LogP contribution in [0.3, 0.4) is 0 Å². The predicted molar refractivity (Wildman–Crippen MR) is 129 cm³/mol. The van der Waals surface area contributed by atoms with Gasteiger partial charge in [0.15, 0.2) is 5.78 Å². The number of carbonyl (C=O) groups excluding carboxylic acids is 1. The molecule has 9 nitrogen and oxygen atoms in total. The number of hydrogen-bond acceptors (Lipinski definition) is 9. The van der Waals surface area contributed by atoms with Gasteiger partial charge in [0.25, 0.3) is 0 Å². The third kappa shape index (κ3) is 3.54. The summed E-state index contributed by atoms with van der Waals surface area (Å²) in [5, 5.41) is 88.1. The maximum Gasteiger partial charge on any atom is 0.188 e. The lowest BCUT2D eigenvalue weighted by molar-refractivity contribution is -0.252. The Morgan fingerprint density at radius 1 is 1.03 bits per heavy atom. The van der Waals surface area contributed by atoms with Gasteiger partial charge in [-0.2, -0.15) is 0 Å². The molecule has 11 atom stereocenters. The molecule has 3 fully saturated rings. The summed E-state index contributed by atoms with van der Waals surface area (Å²) < 4.78 is 0. The molecule has 0 radical (unpaired) electrons. The van der Waals surface area contributed by atoms with Crippen molar-refractivity contribution in [1.82, 2.24) is 0 Å². The lowest BCUT2D eigenvalue weighted by atomic mass is 9.43. The van der Waals surface area contributed by atoms with Gasteiger partial charge in [-0.25, -0.2) is 0 Å². The molecule has 206 valence electrons.